The Morgan fingerprint density at radius 3 is 2.00 bits per heavy atom. The van der Waals surface area contributed by atoms with Crippen molar-refractivity contribution in [2.24, 2.45) is 5.41 Å². The van der Waals surface area contributed by atoms with Crippen molar-refractivity contribution in [3.63, 3.8) is 0 Å². The summed E-state index contributed by atoms with van der Waals surface area (Å²) in [5.74, 6) is 0. The van der Waals surface area contributed by atoms with Crippen molar-refractivity contribution in [2.75, 3.05) is 0 Å². The molecule has 0 saturated carbocycles. The van der Waals surface area contributed by atoms with Crippen molar-refractivity contribution in [3.05, 3.63) is 144 Å². The Morgan fingerprint density at radius 1 is 0.688 bits per heavy atom. The van der Waals surface area contributed by atoms with Gasteiger partial charge in [0.1, 0.15) is 0 Å². The third-order valence-electron chi connectivity index (χ3n) is 10.0. The zero-order chi connectivity index (χ0) is 34.8. The van der Waals surface area contributed by atoms with Gasteiger partial charge in [-0.3, -0.25) is 0 Å². The molecule has 0 atom stereocenters. The van der Waals surface area contributed by atoms with Gasteiger partial charge in [0, 0.05) is 35.2 Å². The Morgan fingerprint density at radius 2 is 1.33 bits per heavy atom. The van der Waals surface area contributed by atoms with Crippen LogP contribution in [0, 0.1) is 17.5 Å². The van der Waals surface area contributed by atoms with E-state index in [2.05, 4.69) is 112 Å². The maximum atomic E-state index is 8.31. The number of benzene rings is 5. The monoisotopic (exact) mass is 805 g/mol. The molecule has 0 N–H and O–H groups in total. The number of pyridine rings is 2. The van der Waals surface area contributed by atoms with Crippen LogP contribution >= 0.6 is 0 Å². The van der Waals surface area contributed by atoms with Crippen molar-refractivity contribution in [3.8, 4) is 22.5 Å². The first kappa shape index (κ1) is 31.1. The van der Waals surface area contributed by atoms with Crippen LogP contribution in [-0.4, -0.2) is 9.97 Å². The molecule has 1 aliphatic carbocycles. The van der Waals surface area contributed by atoms with Crippen molar-refractivity contribution >= 4 is 32.3 Å². The largest absolute Gasteiger partial charge is 0.305 e. The van der Waals surface area contributed by atoms with Gasteiger partial charge in [0.05, 0.1) is 0 Å². The van der Waals surface area contributed by atoms with Crippen LogP contribution in [0.15, 0.2) is 116 Å². The molecule has 1 radical (unpaired) electrons. The normalized spacial score (nSPS) is 15.3. The molecule has 5 aromatic carbocycles. The Labute approximate surface area is 301 Å². The minimum absolute atomic E-state index is 0. The summed E-state index contributed by atoms with van der Waals surface area (Å²) in [6, 6.07) is 42.1. The predicted molar refractivity (Wildman–Crippen MR) is 199 cm³/mol. The van der Waals surface area contributed by atoms with Gasteiger partial charge in [0.15, 0.2) is 0 Å². The van der Waals surface area contributed by atoms with Gasteiger partial charge >= 0.3 is 0 Å². The summed E-state index contributed by atoms with van der Waals surface area (Å²) in [6.45, 7) is 15.2. The number of hydrogen-bond donors (Lipinski definition) is 0. The average molecular weight is 805 g/mol. The van der Waals surface area contributed by atoms with Crippen LogP contribution in [-0.2, 0) is 37.3 Å². The Hall–Kier alpha value is -4.17. The van der Waals surface area contributed by atoms with E-state index in [-0.39, 0.29) is 30.9 Å². The van der Waals surface area contributed by atoms with Crippen molar-refractivity contribution in [2.45, 2.75) is 65.7 Å². The number of fused-ring (bicyclic) bond motifs is 10. The van der Waals surface area contributed by atoms with E-state index in [1.807, 2.05) is 57.3 Å². The zero-order valence-corrected chi connectivity index (χ0v) is 31.1. The SMILES string of the molecule is CC1(C)c2cccnc2-c2[c-]cc3c4ccccc4c4ccccc4c3c2C1(C)C.[2H]C([2H])(c1ccnc(-c2[c-]cccc2)c1)C(C)(C)C.[Ir]. The first-order chi connectivity index (χ1) is 23.2. The van der Waals surface area contributed by atoms with Crippen LogP contribution in [0.25, 0.3) is 54.8 Å². The number of nitrogens with zero attached hydrogens (tertiary/aromatic N) is 2. The molecule has 8 rings (SSSR count). The topological polar surface area (TPSA) is 25.8 Å². The van der Waals surface area contributed by atoms with Crippen LogP contribution in [0.5, 0.6) is 0 Å². The van der Waals surface area contributed by atoms with Gasteiger partial charge in [0.25, 0.3) is 0 Å². The van der Waals surface area contributed by atoms with E-state index < -0.39 is 11.8 Å². The summed E-state index contributed by atoms with van der Waals surface area (Å²) in [4.78, 5) is 9.15. The first-order valence-corrected chi connectivity index (χ1v) is 16.4. The second-order valence-electron chi connectivity index (χ2n) is 14.6. The molecule has 2 aromatic heterocycles. The van der Waals surface area contributed by atoms with Gasteiger partial charge in [-0.05, 0) is 62.3 Å². The van der Waals surface area contributed by atoms with Crippen molar-refractivity contribution in [1.29, 1.82) is 0 Å². The van der Waals surface area contributed by atoms with Crippen LogP contribution in [0.4, 0.5) is 0 Å². The van der Waals surface area contributed by atoms with Gasteiger partial charge in [-0.2, -0.15) is 0 Å². The molecule has 0 spiro atoms. The van der Waals surface area contributed by atoms with E-state index in [4.69, 9.17) is 7.73 Å². The van der Waals surface area contributed by atoms with E-state index in [0.29, 0.717) is 5.56 Å². The Kier molecular flexibility index (Phi) is 8.23. The number of hydrogen-bond acceptors (Lipinski definition) is 2. The standard InChI is InChI=1S/C29H24N.C16H18N.Ir/c1-28(2)24-14-9-17-30-27(24)23-16-15-22-20-12-6-5-10-18(20)19-11-7-8-13-21(19)25(22)26(23)29(28,3)4;1-16(2,3)12-13-9-10-17-15(11-13)14-7-5-4-6-8-14;/h5-15,17H,1-4H3;4-7,9-11H,12H2,1-3H3;/q2*-1;/i;12D2;. The molecular formula is C45H42IrN2-2. The molecule has 2 nitrogen and oxygen atoms in total. The quantitative estimate of drug-likeness (QED) is 0.128. The van der Waals surface area contributed by atoms with Gasteiger partial charge in [0.2, 0.25) is 0 Å². The summed E-state index contributed by atoms with van der Waals surface area (Å²) in [5, 5.41) is 7.87. The second-order valence-corrected chi connectivity index (χ2v) is 14.6. The maximum Gasteiger partial charge on any atom is 0.0321 e. The Balaban J connectivity index is 0.000000188. The summed E-state index contributed by atoms with van der Waals surface area (Å²) in [6.07, 6.45) is 2.17. The molecule has 2 heterocycles. The summed E-state index contributed by atoms with van der Waals surface area (Å²) < 4.78 is 16.6. The predicted octanol–water partition coefficient (Wildman–Crippen LogP) is 11.7. The third-order valence-corrected chi connectivity index (χ3v) is 10.0. The molecule has 3 heteroatoms. The van der Waals surface area contributed by atoms with E-state index in [1.54, 1.807) is 12.3 Å². The summed E-state index contributed by atoms with van der Waals surface area (Å²) >= 11 is 0. The van der Waals surface area contributed by atoms with E-state index in [9.17, 15) is 0 Å². The molecule has 7 aromatic rings. The molecular weight excluding hydrogens is 761 g/mol. The maximum absolute atomic E-state index is 8.31. The van der Waals surface area contributed by atoms with Crippen LogP contribution < -0.4 is 0 Å². The molecule has 0 bridgehead atoms. The second kappa shape index (κ2) is 12.7. The Bertz CT molecular complexity index is 2320. The molecule has 0 unspecified atom stereocenters. The molecule has 0 saturated heterocycles. The molecule has 0 aliphatic heterocycles. The number of rotatable bonds is 2. The van der Waals surface area contributed by atoms with E-state index >= 15 is 0 Å². The zero-order valence-electron chi connectivity index (χ0n) is 30.7. The van der Waals surface area contributed by atoms with Gasteiger partial charge < -0.3 is 9.97 Å². The summed E-state index contributed by atoms with van der Waals surface area (Å²) in [5.41, 5.74) is 6.60. The fourth-order valence-electron chi connectivity index (χ4n) is 7.14. The smallest absolute Gasteiger partial charge is 0.0321 e. The average Bonchev–Trinajstić information content (AvgIpc) is 3.11. The molecule has 0 fully saturated rings. The van der Waals surface area contributed by atoms with Crippen molar-refractivity contribution < 1.29 is 22.8 Å². The van der Waals surface area contributed by atoms with E-state index in [1.165, 1.54) is 43.4 Å². The van der Waals surface area contributed by atoms with Crippen LogP contribution in [0.3, 0.4) is 0 Å². The molecule has 0 amide bonds. The summed E-state index contributed by atoms with van der Waals surface area (Å²) in [7, 11) is 0. The van der Waals surface area contributed by atoms with Gasteiger partial charge in [-0.25, -0.2) is 0 Å². The van der Waals surface area contributed by atoms with Crippen LogP contribution in [0.1, 0.15) is 67.9 Å². The van der Waals surface area contributed by atoms with Crippen molar-refractivity contribution in [1.82, 2.24) is 9.97 Å². The minimum Gasteiger partial charge on any atom is -0.305 e. The fourth-order valence-corrected chi connectivity index (χ4v) is 7.14. The molecule has 243 valence electrons. The van der Waals surface area contributed by atoms with E-state index in [0.717, 1.165) is 22.5 Å². The number of aromatic nitrogens is 2. The minimum atomic E-state index is -1.40. The molecule has 48 heavy (non-hydrogen) atoms. The van der Waals surface area contributed by atoms with Gasteiger partial charge in [-0.1, -0.05) is 136 Å². The third kappa shape index (κ3) is 5.78. The fraction of sp³-hybridized carbons (Fsp3) is 0.244. The van der Waals surface area contributed by atoms with Crippen LogP contribution in [0.2, 0.25) is 0 Å². The van der Waals surface area contributed by atoms with Gasteiger partial charge in [-0.15, -0.1) is 59.2 Å². The molecule has 1 aliphatic rings. The first-order valence-electron chi connectivity index (χ1n) is 17.4.